The summed E-state index contributed by atoms with van der Waals surface area (Å²) >= 11 is 11.7. The second kappa shape index (κ2) is 4.79. The van der Waals surface area contributed by atoms with Crippen LogP contribution in [0, 0.1) is 0 Å². The van der Waals surface area contributed by atoms with Crippen molar-refractivity contribution >= 4 is 29.0 Å². The molecule has 0 aromatic carbocycles. The lowest BCUT2D eigenvalue weighted by Gasteiger charge is -2.18. The molecule has 4 atom stereocenters. The summed E-state index contributed by atoms with van der Waals surface area (Å²) in [5.74, 6) is 0.481. The normalized spacial score (nSPS) is 34.6. The molecule has 8 heteroatoms. The summed E-state index contributed by atoms with van der Waals surface area (Å²) in [7, 11) is 0. The van der Waals surface area contributed by atoms with E-state index in [-0.39, 0.29) is 29.6 Å². The maximum atomic E-state index is 5.99. The maximum absolute atomic E-state index is 5.99. The third-order valence-corrected chi connectivity index (χ3v) is 3.59. The molecule has 18 heavy (non-hydrogen) atoms. The van der Waals surface area contributed by atoms with Crippen LogP contribution in [0.2, 0.25) is 10.3 Å². The van der Waals surface area contributed by atoms with Crippen LogP contribution in [0.3, 0.4) is 0 Å². The highest BCUT2D eigenvalue weighted by atomic mass is 35.5. The Morgan fingerprint density at radius 3 is 2.89 bits per heavy atom. The summed E-state index contributed by atoms with van der Waals surface area (Å²) in [4.78, 5) is 7.83. The maximum Gasteiger partial charge on any atom is 0.224 e. The van der Waals surface area contributed by atoms with E-state index in [2.05, 4.69) is 15.3 Å². The number of hydrogen-bond donors (Lipinski definition) is 2. The van der Waals surface area contributed by atoms with Gasteiger partial charge in [-0.1, -0.05) is 11.6 Å². The van der Waals surface area contributed by atoms with Gasteiger partial charge in [0.05, 0.1) is 31.5 Å². The standard InChI is InChI=1S/C10H12Cl2N4O2/c11-4-1-14-10(12)16-9(4)15-6-3-18-7-5(13)2-17-8(6)7/h1,5-8H,2-3,13H2,(H,14,15,16)/t5-,6-,7?,8?/m0/s1. The molecule has 3 heterocycles. The average molecular weight is 291 g/mol. The molecular formula is C10H12Cl2N4O2. The highest BCUT2D eigenvalue weighted by Gasteiger charge is 2.46. The van der Waals surface area contributed by atoms with Crippen molar-refractivity contribution in [1.82, 2.24) is 9.97 Å². The predicted molar refractivity (Wildman–Crippen MR) is 66.9 cm³/mol. The minimum atomic E-state index is -0.0789. The number of nitrogens with one attached hydrogen (secondary N) is 1. The zero-order valence-corrected chi connectivity index (χ0v) is 10.9. The van der Waals surface area contributed by atoms with Gasteiger partial charge in [-0.15, -0.1) is 0 Å². The second-order valence-corrected chi connectivity index (χ2v) is 5.09. The van der Waals surface area contributed by atoms with Crippen molar-refractivity contribution < 1.29 is 9.47 Å². The highest BCUT2D eigenvalue weighted by Crippen LogP contribution is 2.29. The fourth-order valence-corrected chi connectivity index (χ4v) is 2.55. The van der Waals surface area contributed by atoms with Crippen molar-refractivity contribution in [2.45, 2.75) is 24.3 Å². The zero-order chi connectivity index (χ0) is 12.7. The SMILES string of the molecule is N[C@H]1COC2C1OC[C@@H]2Nc1nc(Cl)ncc1Cl. The van der Waals surface area contributed by atoms with Gasteiger partial charge < -0.3 is 20.5 Å². The molecule has 3 rings (SSSR count). The molecule has 2 aliphatic rings. The molecule has 98 valence electrons. The number of fused-ring (bicyclic) bond motifs is 1. The predicted octanol–water partition coefficient (Wildman–Crippen LogP) is 0.689. The second-order valence-electron chi connectivity index (χ2n) is 4.35. The summed E-state index contributed by atoms with van der Waals surface area (Å²) in [5.41, 5.74) is 5.88. The van der Waals surface area contributed by atoms with E-state index in [1.165, 1.54) is 6.20 Å². The Morgan fingerprint density at radius 2 is 2.06 bits per heavy atom. The number of anilines is 1. The third kappa shape index (κ3) is 2.15. The Bertz CT molecular complexity index is 462. The monoisotopic (exact) mass is 290 g/mol. The molecule has 6 nitrogen and oxygen atoms in total. The lowest BCUT2D eigenvalue weighted by atomic mass is 10.1. The van der Waals surface area contributed by atoms with Gasteiger partial charge in [0.2, 0.25) is 5.28 Å². The van der Waals surface area contributed by atoms with Crippen molar-refractivity contribution in [3.63, 3.8) is 0 Å². The summed E-state index contributed by atoms with van der Waals surface area (Å²) in [5, 5.41) is 3.72. The number of nitrogens with zero attached hydrogens (tertiary/aromatic N) is 2. The Labute approximate surface area is 114 Å². The van der Waals surface area contributed by atoms with E-state index in [1.807, 2.05) is 0 Å². The number of aromatic nitrogens is 2. The Kier molecular flexibility index (Phi) is 3.29. The van der Waals surface area contributed by atoms with Crippen molar-refractivity contribution in [3.8, 4) is 0 Å². The van der Waals surface area contributed by atoms with E-state index in [9.17, 15) is 0 Å². The third-order valence-electron chi connectivity index (χ3n) is 3.13. The lowest BCUT2D eigenvalue weighted by molar-refractivity contribution is 0.0698. The molecule has 2 saturated heterocycles. The van der Waals surface area contributed by atoms with Crippen LogP contribution < -0.4 is 11.1 Å². The molecule has 2 unspecified atom stereocenters. The van der Waals surface area contributed by atoms with Crippen LogP contribution in [0.25, 0.3) is 0 Å². The average Bonchev–Trinajstić information content (AvgIpc) is 2.89. The van der Waals surface area contributed by atoms with E-state index in [1.54, 1.807) is 0 Å². The molecule has 1 aromatic heterocycles. The summed E-state index contributed by atoms with van der Waals surface area (Å²) in [6, 6.07) is -0.113. The number of rotatable bonds is 2. The van der Waals surface area contributed by atoms with Crippen molar-refractivity contribution in [3.05, 3.63) is 16.5 Å². The number of nitrogens with two attached hydrogens (primary N) is 1. The number of ether oxygens (including phenoxy) is 2. The van der Waals surface area contributed by atoms with Crippen LogP contribution >= 0.6 is 23.2 Å². The smallest absolute Gasteiger partial charge is 0.224 e. The number of hydrogen-bond acceptors (Lipinski definition) is 6. The first-order valence-corrected chi connectivity index (χ1v) is 6.34. The van der Waals surface area contributed by atoms with Gasteiger partial charge in [0.25, 0.3) is 0 Å². The topological polar surface area (TPSA) is 82.3 Å². The minimum Gasteiger partial charge on any atom is -0.371 e. The van der Waals surface area contributed by atoms with Gasteiger partial charge in [0, 0.05) is 0 Å². The van der Waals surface area contributed by atoms with E-state index >= 15 is 0 Å². The van der Waals surface area contributed by atoms with Gasteiger partial charge in [-0.2, -0.15) is 4.98 Å². The molecule has 1 aromatic rings. The van der Waals surface area contributed by atoms with E-state index in [4.69, 9.17) is 38.4 Å². The van der Waals surface area contributed by atoms with Crippen LogP contribution in [0.15, 0.2) is 6.20 Å². The first-order valence-electron chi connectivity index (χ1n) is 5.58. The molecule has 0 spiro atoms. The van der Waals surface area contributed by atoms with Crippen LogP contribution in [-0.2, 0) is 9.47 Å². The summed E-state index contributed by atoms with van der Waals surface area (Å²) < 4.78 is 11.2. The Balaban J connectivity index is 1.75. The molecule has 0 aliphatic carbocycles. The van der Waals surface area contributed by atoms with Crippen molar-refractivity contribution in [2.75, 3.05) is 18.5 Å². The van der Waals surface area contributed by atoms with Gasteiger partial charge in [-0.25, -0.2) is 4.98 Å². The Hall–Kier alpha value is -0.660. The molecule has 0 amide bonds. The summed E-state index contributed by atoms with van der Waals surface area (Å²) in [6.45, 7) is 1.01. The van der Waals surface area contributed by atoms with E-state index in [0.29, 0.717) is 24.1 Å². The molecule has 2 aliphatic heterocycles. The molecular weight excluding hydrogens is 279 g/mol. The fourth-order valence-electron chi connectivity index (χ4n) is 2.27. The zero-order valence-electron chi connectivity index (χ0n) is 9.35. The first kappa shape index (κ1) is 12.4. The van der Waals surface area contributed by atoms with Gasteiger partial charge in [-0.3, -0.25) is 0 Å². The largest absolute Gasteiger partial charge is 0.371 e. The molecule has 0 radical (unpaired) electrons. The van der Waals surface area contributed by atoms with Gasteiger partial charge in [-0.05, 0) is 11.6 Å². The Morgan fingerprint density at radius 1 is 1.28 bits per heavy atom. The van der Waals surface area contributed by atoms with E-state index < -0.39 is 0 Å². The van der Waals surface area contributed by atoms with Gasteiger partial charge >= 0.3 is 0 Å². The summed E-state index contributed by atoms with van der Waals surface area (Å²) in [6.07, 6.45) is 1.30. The van der Waals surface area contributed by atoms with E-state index in [0.717, 1.165) is 0 Å². The van der Waals surface area contributed by atoms with Gasteiger partial charge in [0.1, 0.15) is 23.0 Å². The van der Waals surface area contributed by atoms with Crippen molar-refractivity contribution in [1.29, 1.82) is 0 Å². The van der Waals surface area contributed by atoms with Gasteiger partial charge in [0.15, 0.2) is 0 Å². The molecule has 3 N–H and O–H groups in total. The van der Waals surface area contributed by atoms with Crippen molar-refractivity contribution in [2.24, 2.45) is 5.73 Å². The fraction of sp³-hybridized carbons (Fsp3) is 0.600. The van der Waals surface area contributed by atoms with Crippen LogP contribution in [-0.4, -0.2) is 47.5 Å². The molecule has 2 fully saturated rings. The van der Waals surface area contributed by atoms with Crippen LogP contribution in [0.1, 0.15) is 0 Å². The first-order chi connectivity index (χ1) is 8.65. The highest BCUT2D eigenvalue weighted by molar-refractivity contribution is 6.33. The van der Waals surface area contributed by atoms with Crippen LogP contribution in [0.5, 0.6) is 0 Å². The molecule has 0 saturated carbocycles. The minimum absolute atomic E-state index is 0.0352. The number of halogens is 2. The van der Waals surface area contributed by atoms with Crippen LogP contribution in [0.4, 0.5) is 5.82 Å². The molecule has 0 bridgehead atoms. The quantitative estimate of drug-likeness (QED) is 0.780. The lowest BCUT2D eigenvalue weighted by Crippen LogP contribution is -2.38.